The highest BCUT2D eigenvalue weighted by molar-refractivity contribution is 8.00. The molecular weight excluding hydrogens is 458 g/mol. The van der Waals surface area contributed by atoms with Crippen LogP contribution in [0.1, 0.15) is 0 Å². The Balaban J connectivity index is 1.20. The number of fused-ring (bicyclic) bond motifs is 2. The molecule has 1 fully saturated rings. The summed E-state index contributed by atoms with van der Waals surface area (Å²) >= 11 is 1.46. The third-order valence-electron chi connectivity index (χ3n) is 5.92. The monoisotopic (exact) mass is 481 g/mol. The van der Waals surface area contributed by atoms with Gasteiger partial charge in [0.25, 0.3) is 5.56 Å². The number of carbonyl (C=O) groups excluding carboxylic acids is 2. The van der Waals surface area contributed by atoms with E-state index in [1.165, 1.54) is 25.8 Å². The molecule has 3 heterocycles. The lowest BCUT2D eigenvalue weighted by molar-refractivity contribution is -0.113. The predicted molar refractivity (Wildman–Crippen MR) is 130 cm³/mol. The zero-order valence-corrected chi connectivity index (χ0v) is 19.3. The van der Waals surface area contributed by atoms with Crippen molar-refractivity contribution in [3.8, 4) is 0 Å². The molecule has 1 unspecified atom stereocenters. The minimum absolute atomic E-state index is 0.0684. The Labute approximate surface area is 198 Å². The fourth-order valence-corrected chi connectivity index (χ4v) is 4.98. The first kappa shape index (κ1) is 22.2. The number of nitrogens with zero attached hydrogens (tertiary/aromatic N) is 3. The molecule has 1 aromatic heterocycles. The highest BCUT2D eigenvalue weighted by atomic mass is 32.2. The van der Waals surface area contributed by atoms with E-state index in [9.17, 15) is 19.2 Å². The van der Waals surface area contributed by atoms with Crippen LogP contribution in [-0.2, 0) is 23.1 Å². The lowest BCUT2D eigenvalue weighted by Gasteiger charge is -2.20. The van der Waals surface area contributed by atoms with Gasteiger partial charge in [-0.2, -0.15) is 0 Å². The number of ether oxygens (including phenoxy) is 1. The van der Waals surface area contributed by atoms with Gasteiger partial charge in [-0.1, -0.05) is 12.1 Å². The standard InChI is InChI=1S/C23H23N5O5S/c1-26-18-5-3-2-4-16(18)21(30)27(22(26)31)9-8-24-11-15-12-28(23(32)33-15)14-6-7-19-17(10-14)25-20(29)13-34-19/h2-7,10,15,24H,8-9,11-13H2,1H3,(H,25,29). The number of carbonyl (C=O) groups is 2. The Hall–Kier alpha value is -3.57. The maximum Gasteiger partial charge on any atom is 0.414 e. The highest BCUT2D eigenvalue weighted by Gasteiger charge is 2.32. The maximum absolute atomic E-state index is 12.7. The smallest absolute Gasteiger partial charge is 0.414 e. The molecule has 0 aliphatic carbocycles. The molecule has 3 aromatic rings. The molecule has 5 rings (SSSR count). The van der Waals surface area contributed by atoms with Gasteiger partial charge >= 0.3 is 11.8 Å². The Bertz CT molecular complexity index is 1420. The van der Waals surface area contributed by atoms with Crippen molar-refractivity contribution in [1.82, 2.24) is 14.5 Å². The largest absolute Gasteiger partial charge is 0.443 e. The van der Waals surface area contributed by atoms with Crippen LogP contribution in [0.2, 0.25) is 0 Å². The van der Waals surface area contributed by atoms with Crippen LogP contribution in [0.4, 0.5) is 16.2 Å². The van der Waals surface area contributed by atoms with Crippen LogP contribution in [0.5, 0.6) is 0 Å². The zero-order valence-electron chi connectivity index (χ0n) is 18.4. The second kappa shape index (κ2) is 8.99. The minimum atomic E-state index is -0.457. The SMILES string of the molecule is Cn1c(=O)n(CCNCC2CN(c3ccc4c(c3)NC(=O)CS4)C(=O)O2)c(=O)c2ccccc21. The summed E-state index contributed by atoms with van der Waals surface area (Å²) in [7, 11) is 1.64. The average Bonchev–Trinajstić information content (AvgIpc) is 3.22. The Morgan fingerprint density at radius 2 is 1.97 bits per heavy atom. The van der Waals surface area contributed by atoms with E-state index >= 15 is 0 Å². The number of aromatic nitrogens is 2. The van der Waals surface area contributed by atoms with E-state index < -0.39 is 6.09 Å². The van der Waals surface area contributed by atoms with E-state index in [4.69, 9.17) is 4.74 Å². The number of amides is 2. The van der Waals surface area contributed by atoms with Crippen molar-refractivity contribution >= 4 is 46.0 Å². The molecule has 2 aliphatic rings. The predicted octanol–water partition coefficient (Wildman–Crippen LogP) is 1.36. The first-order valence-electron chi connectivity index (χ1n) is 10.9. The lowest BCUT2D eigenvalue weighted by atomic mass is 10.2. The molecule has 0 bridgehead atoms. The van der Waals surface area contributed by atoms with Gasteiger partial charge in [0.15, 0.2) is 0 Å². The maximum atomic E-state index is 12.7. The second-order valence-corrected chi connectivity index (χ2v) is 9.17. The summed E-state index contributed by atoms with van der Waals surface area (Å²) in [5.41, 5.74) is 1.24. The van der Waals surface area contributed by atoms with Crippen molar-refractivity contribution in [2.45, 2.75) is 17.5 Å². The number of aryl methyl sites for hydroxylation is 1. The van der Waals surface area contributed by atoms with Gasteiger partial charge < -0.3 is 15.4 Å². The summed E-state index contributed by atoms with van der Waals surface area (Å²) < 4.78 is 8.14. The summed E-state index contributed by atoms with van der Waals surface area (Å²) in [4.78, 5) is 51.9. The Morgan fingerprint density at radius 3 is 2.82 bits per heavy atom. The lowest BCUT2D eigenvalue weighted by Crippen LogP contribution is -2.42. The normalized spacial score (nSPS) is 17.6. The van der Waals surface area contributed by atoms with Crippen LogP contribution in [0, 0.1) is 0 Å². The summed E-state index contributed by atoms with van der Waals surface area (Å²) in [6.45, 7) is 1.29. The number of hydrogen-bond acceptors (Lipinski definition) is 7. The minimum Gasteiger partial charge on any atom is -0.443 e. The van der Waals surface area contributed by atoms with Gasteiger partial charge in [0.05, 0.1) is 28.9 Å². The summed E-state index contributed by atoms with van der Waals surface area (Å²) in [6, 6.07) is 12.5. The van der Waals surface area contributed by atoms with E-state index in [0.717, 1.165) is 4.90 Å². The topological polar surface area (TPSA) is 115 Å². The molecule has 1 saturated heterocycles. The molecule has 10 nitrogen and oxygen atoms in total. The van der Waals surface area contributed by atoms with Crippen molar-refractivity contribution in [2.24, 2.45) is 7.05 Å². The van der Waals surface area contributed by atoms with Gasteiger partial charge in [-0.15, -0.1) is 11.8 Å². The van der Waals surface area contributed by atoms with Gasteiger partial charge in [-0.05, 0) is 30.3 Å². The van der Waals surface area contributed by atoms with Gasteiger partial charge in [0.1, 0.15) is 6.10 Å². The zero-order chi connectivity index (χ0) is 23.8. The van der Waals surface area contributed by atoms with Crippen molar-refractivity contribution in [2.75, 3.05) is 35.6 Å². The fraction of sp³-hybridized carbons (Fsp3) is 0.304. The first-order valence-corrected chi connectivity index (χ1v) is 11.8. The van der Waals surface area contributed by atoms with Crippen LogP contribution < -0.4 is 26.8 Å². The molecule has 0 radical (unpaired) electrons. The average molecular weight is 482 g/mol. The highest BCUT2D eigenvalue weighted by Crippen LogP contribution is 2.35. The van der Waals surface area contributed by atoms with E-state index in [2.05, 4.69) is 10.6 Å². The van der Waals surface area contributed by atoms with Crippen LogP contribution in [0.3, 0.4) is 0 Å². The van der Waals surface area contributed by atoms with Crippen LogP contribution in [0.25, 0.3) is 10.9 Å². The van der Waals surface area contributed by atoms with Crippen molar-refractivity contribution in [3.63, 3.8) is 0 Å². The second-order valence-electron chi connectivity index (χ2n) is 8.15. The number of hydrogen-bond donors (Lipinski definition) is 2. The van der Waals surface area contributed by atoms with Gasteiger partial charge in [-0.3, -0.25) is 23.6 Å². The van der Waals surface area contributed by atoms with E-state index in [0.29, 0.717) is 47.7 Å². The van der Waals surface area contributed by atoms with E-state index in [1.807, 2.05) is 12.1 Å². The Morgan fingerprint density at radius 1 is 1.15 bits per heavy atom. The van der Waals surface area contributed by atoms with E-state index in [-0.39, 0.29) is 29.8 Å². The van der Waals surface area contributed by atoms with Crippen molar-refractivity contribution in [3.05, 3.63) is 63.3 Å². The summed E-state index contributed by atoms with van der Waals surface area (Å²) in [5, 5.41) is 6.49. The summed E-state index contributed by atoms with van der Waals surface area (Å²) in [6.07, 6.45) is -0.843. The van der Waals surface area contributed by atoms with E-state index in [1.54, 1.807) is 37.4 Å². The molecule has 34 heavy (non-hydrogen) atoms. The van der Waals surface area contributed by atoms with Gasteiger partial charge in [-0.25, -0.2) is 9.59 Å². The summed E-state index contributed by atoms with van der Waals surface area (Å²) in [5.74, 6) is 0.310. The quantitative estimate of drug-likeness (QED) is 0.511. The molecule has 2 aliphatic heterocycles. The van der Waals surface area contributed by atoms with Crippen LogP contribution in [0.15, 0.2) is 56.9 Å². The number of para-hydroxylation sites is 1. The first-order chi connectivity index (χ1) is 16.4. The van der Waals surface area contributed by atoms with Crippen LogP contribution >= 0.6 is 11.8 Å². The third kappa shape index (κ3) is 4.08. The number of benzene rings is 2. The molecule has 11 heteroatoms. The molecular formula is C23H23N5O5S. The molecule has 0 spiro atoms. The number of cyclic esters (lactones) is 1. The van der Waals surface area contributed by atoms with Gasteiger partial charge in [0.2, 0.25) is 5.91 Å². The molecule has 2 amide bonds. The molecule has 0 saturated carbocycles. The number of thioether (sulfide) groups is 1. The molecule has 2 N–H and O–H groups in total. The number of anilines is 2. The van der Waals surface area contributed by atoms with Crippen molar-refractivity contribution < 1.29 is 14.3 Å². The number of nitrogens with one attached hydrogen (secondary N) is 2. The Kier molecular flexibility index (Phi) is 5.88. The number of rotatable bonds is 6. The van der Waals surface area contributed by atoms with Crippen molar-refractivity contribution in [1.29, 1.82) is 0 Å². The molecule has 1 atom stereocenters. The third-order valence-corrected chi connectivity index (χ3v) is 7.00. The molecule has 2 aromatic carbocycles. The molecule has 176 valence electrons. The van der Waals surface area contributed by atoms with Gasteiger partial charge in [0, 0.05) is 37.3 Å². The van der Waals surface area contributed by atoms with Crippen LogP contribution in [-0.4, -0.2) is 52.6 Å². The fourth-order valence-electron chi connectivity index (χ4n) is 4.19.